The van der Waals surface area contributed by atoms with Crippen LogP contribution in [0.4, 0.5) is 4.79 Å². The SMILES string of the molecule is COc1cccc(C2CCN2C(=O)NCCc2nc(C(=O)O)cs2)c1. The van der Waals surface area contributed by atoms with Gasteiger partial charge in [0, 0.05) is 24.9 Å². The van der Waals surface area contributed by atoms with Gasteiger partial charge in [-0.25, -0.2) is 14.6 Å². The monoisotopic (exact) mass is 361 g/mol. The largest absolute Gasteiger partial charge is 0.497 e. The summed E-state index contributed by atoms with van der Waals surface area (Å²) < 4.78 is 5.24. The molecule has 1 saturated heterocycles. The highest BCUT2D eigenvalue weighted by atomic mass is 32.1. The highest BCUT2D eigenvalue weighted by molar-refractivity contribution is 7.09. The maximum Gasteiger partial charge on any atom is 0.355 e. The van der Waals surface area contributed by atoms with Crippen LogP contribution in [0, 0.1) is 0 Å². The van der Waals surface area contributed by atoms with Gasteiger partial charge < -0.3 is 20.1 Å². The number of hydrogen-bond donors (Lipinski definition) is 2. The fraction of sp³-hybridized carbons (Fsp3) is 0.353. The van der Waals surface area contributed by atoms with Crippen LogP contribution in [-0.2, 0) is 6.42 Å². The van der Waals surface area contributed by atoms with Gasteiger partial charge in [-0.2, -0.15) is 0 Å². The summed E-state index contributed by atoms with van der Waals surface area (Å²) in [5.41, 5.74) is 1.11. The minimum atomic E-state index is -1.03. The van der Waals surface area contributed by atoms with Crippen LogP contribution < -0.4 is 10.1 Å². The van der Waals surface area contributed by atoms with Crippen molar-refractivity contribution < 1.29 is 19.4 Å². The summed E-state index contributed by atoms with van der Waals surface area (Å²) in [6.07, 6.45) is 1.44. The number of nitrogens with one attached hydrogen (secondary N) is 1. The van der Waals surface area contributed by atoms with Gasteiger partial charge in [-0.3, -0.25) is 0 Å². The number of aromatic carboxylic acids is 1. The molecule has 3 rings (SSSR count). The Balaban J connectivity index is 1.51. The number of nitrogens with zero attached hydrogens (tertiary/aromatic N) is 2. The van der Waals surface area contributed by atoms with Crippen LogP contribution in [0.15, 0.2) is 29.6 Å². The average molecular weight is 361 g/mol. The molecule has 1 unspecified atom stereocenters. The predicted molar refractivity (Wildman–Crippen MR) is 93.2 cm³/mol. The molecular weight excluding hydrogens is 342 g/mol. The Labute approximate surface area is 149 Å². The van der Waals surface area contributed by atoms with E-state index in [0.717, 1.165) is 17.7 Å². The van der Waals surface area contributed by atoms with Gasteiger partial charge >= 0.3 is 12.0 Å². The van der Waals surface area contributed by atoms with Crippen molar-refractivity contribution in [2.24, 2.45) is 0 Å². The lowest BCUT2D eigenvalue weighted by Crippen LogP contribution is -2.50. The first kappa shape index (κ1) is 17.2. The van der Waals surface area contributed by atoms with Crippen molar-refractivity contribution >= 4 is 23.3 Å². The van der Waals surface area contributed by atoms with Crippen LogP contribution in [-0.4, -0.2) is 47.2 Å². The summed E-state index contributed by atoms with van der Waals surface area (Å²) in [6.45, 7) is 1.14. The van der Waals surface area contributed by atoms with Gasteiger partial charge in [0.15, 0.2) is 5.69 Å². The molecule has 0 saturated carbocycles. The lowest BCUT2D eigenvalue weighted by Gasteiger charge is -2.41. The number of aromatic nitrogens is 1. The van der Waals surface area contributed by atoms with E-state index in [9.17, 15) is 9.59 Å². The first-order valence-corrected chi connectivity index (χ1v) is 8.82. The van der Waals surface area contributed by atoms with E-state index in [0.29, 0.717) is 24.5 Å². The molecule has 1 aliphatic heterocycles. The molecule has 2 N–H and O–H groups in total. The third-order valence-electron chi connectivity index (χ3n) is 4.15. The molecule has 1 aromatic carbocycles. The number of urea groups is 1. The maximum atomic E-state index is 12.3. The molecule has 25 heavy (non-hydrogen) atoms. The van der Waals surface area contributed by atoms with E-state index >= 15 is 0 Å². The number of benzene rings is 1. The number of methoxy groups -OCH3 is 1. The number of amides is 2. The third-order valence-corrected chi connectivity index (χ3v) is 5.05. The molecular formula is C17H19N3O4S. The van der Waals surface area contributed by atoms with E-state index in [-0.39, 0.29) is 17.8 Å². The van der Waals surface area contributed by atoms with Crippen molar-refractivity contribution in [2.75, 3.05) is 20.2 Å². The Bertz CT molecular complexity index is 777. The average Bonchev–Trinajstić information content (AvgIpc) is 3.03. The first-order chi connectivity index (χ1) is 12.1. The van der Waals surface area contributed by atoms with Crippen LogP contribution in [0.5, 0.6) is 5.75 Å². The van der Waals surface area contributed by atoms with Crippen molar-refractivity contribution in [3.63, 3.8) is 0 Å². The molecule has 8 heteroatoms. The predicted octanol–water partition coefficient (Wildman–Crippen LogP) is 2.55. The van der Waals surface area contributed by atoms with E-state index in [1.807, 2.05) is 24.3 Å². The van der Waals surface area contributed by atoms with Crippen LogP contribution in [0.25, 0.3) is 0 Å². The fourth-order valence-corrected chi connectivity index (χ4v) is 3.50. The van der Waals surface area contributed by atoms with E-state index in [4.69, 9.17) is 9.84 Å². The third kappa shape index (κ3) is 3.90. The Hall–Kier alpha value is -2.61. The second kappa shape index (κ2) is 7.52. The topological polar surface area (TPSA) is 91.8 Å². The summed E-state index contributed by atoms with van der Waals surface area (Å²) in [5.74, 6) is -0.254. The molecule has 132 valence electrons. The maximum absolute atomic E-state index is 12.3. The summed E-state index contributed by atoms with van der Waals surface area (Å²) in [4.78, 5) is 28.9. The fourth-order valence-electron chi connectivity index (χ4n) is 2.73. The van der Waals surface area contributed by atoms with E-state index in [1.165, 1.54) is 16.7 Å². The minimum Gasteiger partial charge on any atom is -0.497 e. The number of hydrogen-bond acceptors (Lipinski definition) is 5. The summed E-state index contributed by atoms with van der Waals surface area (Å²) in [5, 5.41) is 13.9. The molecule has 0 spiro atoms. The normalized spacial score (nSPS) is 16.2. The van der Waals surface area contributed by atoms with Crippen molar-refractivity contribution in [3.8, 4) is 5.75 Å². The Morgan fingerprint density at radius 2 is 2.32 bits per heavy atom. The Kier molecular flexibility index (Phi) is 5.18. The molecule has 1 atom stereocenters. The van der Waals surface area contributed by atoms with Crippen LogP contribution >= 0.6 is 11.3 Å². The number of carbonyl (C=O) groups is 2. The second-order valence-corrected chi connectivity index (χ2v) is 6.63. The first-order valence-electron chi connectivity index (χ1n) is 7.94. The lowest BCUT2D eigenvalue weighted by molar-refractivity contribution is 0.0691. The minimum absolute atomic E-state index is 0.0483. The Morgan fingerprint density at radius 3 is 2.96 bits per heavy atom. The van der Waals surface area contributed by atoms with Gasteiger partial charge in [-0.1, -0.05) is 12.1 Å². The molecule has 0 aliphatic carbocycles. The zero-order valence-electron chi connectivity index (χ0n) is 13.8. The van der Waals surface area contributed by atoms with Gasteiger partial charge in [-0.05, 0) is 24.1 Å². The highest BCUT2D eigenvalue weighted by Gasteiger charge is 2.33. The molecule has 1 fully saturated rings. The van der Waals surface area contributed by atoms with E-state index in [2.05, 4.69) is 10.3 Å². The number of rotatable bonds is 6. The second-order valence-electron chi connectivity index (χ2n) is 5.69. The summed E-state index contributed by atoms with van der Waals surface area (Å²) in [6, 6.07) is 7.70. The number of carbonyl (C=O) groups excluding carboxylic acids is 1. The van der Waals surface area contributed by atoms with Crippen LogP contribution in [0.3, 0.4) is 0 Å². The molecule has 0 radical (unpaired) electrons. The summed E-state index contributed by atoms with van der Waals surface area (Å²) in [7, 11) is 1.62. The quantitative estimate of drug-likeness (QED) is 0.825. The van der Waals surface area contributed by atoms with Gasteiger partial charge in [0.1, 0.15) is 5.75 Å². The van der Waals surface area contributed by atoms with Crippen LogP contribution in [0.2, 0.25) is 0 Å². The smallest absolute Gasteiger partial charge is 0.355 e. The molecule has 1 aliphatic rings. The molecule has 1 aromatic heterocycles. The standard InChI is InChI=1S/C17H19N3O4S/c1-24-12-4-2-3-11(9-12)14-6-8-20(14)17(23)18-7-5-15-19-13(10-25-15)16(21)22/h2-4,9-10,14H,5-8H2,1H3,(H,18,23)(H,21,22). The van der Waals surface area contributed by atoms with Crippen molar-refractivity contribution in [1.82, 2.24) is 15.2 Å². The lowest BCUT2D eigenvalue weighted by atomic mass is 9.95. The number of carboxylic acids is 1. The van der Waals surface area contributed by atoms with E-state index < -0.39 is 5.97 Å². The highest BCUT2D eigenvalue weighted by Crippen LogP contribution is 2.34. The number of thiazole rings is 1. The van der Waals surface area contributed by atoms with Crippen molar-refractivity contribution in [2.45, 2.75) is 18.9 Å². The van der Waals surface area contributed by atoms with E-state index in [1.54, 1.807) is 12.0 Å². The zero-order chi connectivity index (χ0) is 17.8. The summed E-state index contributed by atoms with van der Waals surface area (Å²) >= 11 is 1.29. The number of ether oxygens (including phenoxy) is 1. The molecule has 2 heterocycles. The van der Waals surface area contributed by atoms with Crippen molar-refractivity contribution in [3.05, 3.63) is 45.9 Å². The van der Waals surface area contributed by atoms with Gasteiger partial charge in [0.25, 0.3) is 0 Å². The van der Waals surface area contributed by atoms with Crippen LogP contribution in [0.1, 0.15) is 33.5 Å². The molecule has 2 aromatic rings. The van der Waals surface area contributed by atoms with Gasteiger partial charge in [0.2, 0.25) is 0 Å². The number of carboxylic acid groups (broad SMARTS) is 1. The molecule has 0 bridgehead atoms. The molecule has 2 amide bonds. The van der Waals surface area contributed by atoms with Gasteiger partial charge in [0.05, 0.1) is 18.2 Å². The zero-order valence-corrected chi connectivity index (χ0v) is 14.6. The van der Waals surface area contributed by atoms with Crippen molar-refractivity contribution in [1.29, 1.82) is 0 Å². The van der Waals surface area contributed by atoms with Gasteiger partial charge in [-0.15, -0.1) is 11.3 Å². The Morgan fingerprint density at radius 1 is 1.48 bits per heavy atom. The number of likely N-dealkylation sites (tertiary alicyclic amines) is 1. The molecule has 7 nitrogen and oxygen atoms in total.